The molecule has 0 atom stereocenters. The molecule has 0 aliphatic heterocycles. The van der Waals surface area contributed by atoms with Gasteiger partial charge in [-0.25, -0.2) is 4.98 Å². The van der Waals surface area contributed by atoms with Crippen LogP contribution in [-0.4, -0.2) is 25.1 Å². The highest BCUT2D eigenvalue weighted by atomic mass is 16.5. The summed E-state index contributed by atoms with van der Waals surface area (Å²) in [6, 6.07) is 10.3. The Kier molecular flexibility index (Phi) is 3.97. The Hall–Kier alpha value is -2.56. The predicted octanol–water partition coefficient (Wildman–Crippen LogP) is 2.35. The topological polar surface area (TPSA) is 60.5 Å². The van der Waals surface area contributed by atoms with Gasteiger partial charge in [0.2, 0.25) is 5.88 Å². The van der Waals surface area contributed by atoms with E-state index in [1.165, 1.54) is 13.3 Å². The van der Waals surface area contributed by atoms with E-state index in [4.69, 9.17) is 9.47 Å². The van der Waals surface area contributed by atoms with E-state index in [2.05, 4.69) is 10.3 Å². The normalized spacial score (nSPS) is 9.79. The van der Waals surface area contributed by atoms with Gasteiger partial charge in [-0.3, -0.25) is 4.79 Å². The average molecular weight is 258 g/mol. The third-order valence-electron chi connectivity index (χ3n) is 2.55. The molecule has 0 bridgehead atoms. The Balaban J connectivity index is 2.11. The van der Waals surface area contributed by atoms with Crippen molar-refractivity contribution < 1.29 is 14.3 Å². The van der Waals surface area contributed by atoms with E-state index in [-0.39, 0.29) is 5.91 Å². The fourth-order valence-corrected chi connectivity index (χ4v) is 1.54. The smallest absolute Gasteiger partial charge is 0.255 e. The average Bonchev–Trinajstić information content (AvgIpc) is 2.48. The molecule has 1 amide bonds. The molecule has 0 saturated carbocycles. The molecule has 98 valence electrons. The van der Waals surface area contributed by atoms with Crippen molar-refractivity contribution in [2.45, 2.75) is 0 Å². The van der Waals surface area contributed by atoms with Crippen LogP contribution in [0, 0.1) is 0 Å². The second kappa shape index (κ2) is 5.86. The van der Waals surface area contributed by atoms with Crippen molar-refractivity contribution in [2.75, 3.05) is 19.5 Å². The molecule has 5 nitrogen and oxygen atoms in total. The van der Waals surface area contributed by atoms with Gasteiger partial charge >= 0.3 is 0 Å². The highest BCUT2D eigenvalue weighted by molar-refractivity contribution is 6.04. The van der Waals surface area contributed by atoms with Crippen molar-refractivity contribution in [3.05, 3.63) is 48.2 Å². The van der Waals surface area contributed by atoms with Gasteiger partial charge in [-0.2, -0.15) is 0 Å². The third kappa shape index (κ3) is 3.22. The number of aromatic nitrogens is 1. The molecule has 2 rings (SSSR count). The first-order valence-electron chi connectivity index (χ1n) is 5.68. The van der Waals surface area contributed by atoms with Crippen molar-refractivity contribution in [2.24, 2.45) is 0 Å². The summed E-state index contributed by atoms with van der Waals surface area (Å²) >= 11 is 0. The molecule has 19 heavy (non-hydrogen) atoms. The van der Waals surface area contributed by atoms with Crippen LogP contribution in [0.25, 0.3) is 0 Å². The third-order valence-corrected chi connectivity index (χ3v) is 2.55. The minimum Gasteiger partial charge on any atom is -0.497 e. The van der Waals surface area contributed by atoms with Gasteiger partial charge in [-0.05, 0) is 30.3 Å². The standard InChI is InChI=1S/C14H14N2O3/c1-18-12-5-3-11(4-6-12)16-14(17)10-7-8-15-13(9-10)19-2/h3-9H,1-2H3,(H,16,17). The molecule has 0 unspecified atom stereocenters. The minimum absolute atomic E-state index is 0.217. The highest BCUT2D eigenvalue weighted by Gasteiger charge is 2.07. The molecule has 0 spiro atoms. The molecule has 1 aromatic heterocycles. The summed E-state index contributed by atoms with van der Waals surface area (Å²) in [6.45, 7) is 0. The SMILES string of the molecule is COc1ccc(NC(=O)c2ccnc(OC)c2)cc1. The van der Waals surface area contributed by atoms with Crippen molar-refractivity contribution in [1.29, 1.82) is 0 Å². The Morgan fingerprint density at radius 1 is 1.11 bits per heavy atom. The molecular weight excluding hydrogens is 244 g/mol. The number of hydrogen-bond donors (Lipinski definition) is 1. The lowest BCUT2D eigenvalue weighted by molar-refractivity contribution is 0.102. The van der Waals surface area contributed by atoms with Crippen LogP contribution >= 0.6 is 0 Å². The first kappa shape index (κ1) is 12.9. The molecule has 0 radical (unpaired) electrons. The van der Waals surface area contributed by atoms with E-state index in [1.807, 2.05) is 0 Å². The number of benzene rings is 1. The molecule has 1 aromatic carbocycles. The zero-order chi connectivity index (χ0) is 13.7. The van der Waals surface area contributed by atoms with Crippen LogP contribution < -0.4 is 14.8 Å². The molecule has 2 aromatic rings. The zero-order valence-corrected chi connectivity index (χ0v) is 10.7. The fourth-order valence-electron chi connectivity index (χ4n) is 1.54. The monoisotopic (exact) mass is 258 g/mol. The van der Waals surface area contributed by atoms with Crippen LogP contribution in [0.15, 0.2) is 42.6 Å². The number of pyridine rings is 1. The first-order valence-corrected chi connectivity index (χ1v) is 5.68. The second-order valence-corrected chi connectivity index (χ2v) is 3.77. The van der Waals surface area contributed by atoms with Gasteiger partial charge in [0.25, 0.3) is 5.91 Å². The quantitative estimate of drug-likeness (QED) is 0.914. The molecule has 5 heteroatoms. The van der Waals surface area contributed by atoms with E-state index in [1.54, 1.807) is 43.5 Å². The highest BCUT2D eigenvalue weighted by Crippen LogP contribution is 2.16. The summed E-state index contributed by atoms with van der Waals surface area (Å²) in [4.78, 5) is 16.0. The van der Waals surface area contributed by atoms with Gasteiger partial charge in [0.1, 0.15) is 5.75 Å². The van der Waals surface area contributed by atoms with E-state index < -0.39 is 0 Å². The second-order valence-electron chi connectivity index (χ2n) is 3.77. The van der Waals surface area contributed by atoms with Crippen molar-refractivity contribution in [3.8, 4) is 11.6 Å². The summed E-state index contributed by atoms with van der Waals surface area (Å²) in [6.07, 6.45) is 1.53. The predicted molar refractivity (Wildman–Crippen MR) is 71.7 cm³/mol. The lowest BCUT2D eigenvalue weighted by Crippen LogP contribution is -2.12. The van der Waals surface area contributed by atoms with Gasteiger partial charge in [0.05, 0.1) is 14.2 Å². The number of nitrogens with zero attached hydrogens (tertiary/aromatic N) is 1. The molecule has 0 saturated heterocycles. The van der Waals surface area contributed by atoms with Crippen molar-refractivity contribution in [1.82, 2.24) is 4.98 Å². The summed E-state index contributed by atoms with van der Waals surface area (Å²) < 4.78 is 10.0. The van der Waals surface area contributed by atoms with Crippen LogP contribution in [0.3, 0.4) is 0 Å². The van der Waals surface area contributed by atoms with Crippen LogP contribution in [0.4, 0.5) is 5.69 Å². The number of nitrogens with one attached hydrogen (secondary N) is 1. The number of rotatable bonds is 4. The number of anilines is 1. The Morgan fingerprint density at radius 3 is 2.47 bits per heavy atom. The Labute approximate surface area is 111 Å². The van der Waals surface area contributed by atoms with E-state index in [0.29, 0.717) is 17.1 Å². The maximum atomic E-state index is 12.0. The van der Waals surface area contributed by atoms with Crippen LogP contribution in [0.5, 0.6) is 11.6 Å². The molecule has 0 fully saturated rings. The van der Waals surface area contributed by atoms with E-state index in [0.717, 1.165) is 5.75 Å². The van der Waals surface area contributed by atoms with Gasteiger partial charge in [-0.15, -0.1) is 0 Å². The zero-order valence-electron chi connectivity index (χ0n) is 10.7. The van der Waals surface area contributed by atoms with Gasteiger partial charge in [-0.1, -0.05) is 0 Å². The Bertz CT molecular complexity index is 567. The molecular formula is C14H14N2O3. The number of methoxy groups -OCH3 is 2. The van der Waals surface area contributed by atoms with Gasteiger partial charge in [0.15, 0.2) is 0 Å². The minimum atomic E-state index is -0.217. The summed E-state index contributed by atoms with van der Waals surface area (Å²) in [7, 11) is 3.10. The largest absolute Gasteiger partial charge is 0.497 e. The Morgan fingerprint density at radius 2 is 1.84 bits per heavy atom. The van der Waals surface area contributed by atoms with Crippen LogP contribution in [0.1, 0.15) is 10.4 Å². The van der Waals surface area contributed by atoms with E-state index >= 15 is 0 Å². The summed E-state index contributed by atoms with van der Waals surface area (Å²) in [5.41, 5.74) is 1.18. The number of amides is 1. The maximum absolute atomic E-state index is 12.0. The van der Waals surface area contributed by atoms with Gasteiger partial charge < -0.3 is 14.8 Å². The van der Waals surface area contributed by atoms with Crippen LogP contribution in [-0.2, 0) is 0 Å². The summed E-state index contributed by atoms with van der Waals surface area (Å²) in [5, 5.41) is 2.78. The number of carbonyl (C=O) groups excluding carboxylic acids is 1. The number of carbonyl (C=O) groups is 1. The number of hydrogen-bond acceptors (Lipinski definition) is 4. The molecule has 0 aliphatic rings. The van der Waals surface area contributed by atoms with Crippen LogP contribution in [0.2, 0.25) is 0 Å². The molecule has 0 aliphatic carbocycles. The van der Waals surface area contributed by atoms with Gasteiger partial charge in [0, 0.05) is 23.5 Å². The van der Waals surface area contributed by atoms with E-state index in [9.17, 15) is 4.79 Å². The number of ether oxygens (including phenoxy) is 2. The van der Waals surface area contributed by atoms with Crippen molar-refractivity contribution >= 4 is 11.6 Å². The van der Waals surface area contributed by atoms with Crippen molar-refractivity contribution in [3.63, 3.8) is 0 Å². The maximum Gasteiger partial charge on any atom is 0.255 e. The molecule has 1 N–H and O–H groups in total. The first-order chi connectivity index (χ1) is 9.22. The fraction of sp³-hybridized carbons (Fsp3) is 0.143. The molecule has 1 heterocycles. The lowest BCUT2D eigenvalue weighted by Gasteiger charge is -2.07. The summed E-state index contributed by atoms with van der Waals surface area (Å²) in [5.74, 6) is 0.928. The lowest BCUT2D eigenvalue weighted by atomic mass is 10.2.